The van der Waals surface area contributed by atoms with Crippen LogP contribution in [-0.4, -0.2) is 40.0 Å². The molecule has 11 nitrogen and oxygen atoms in total. The number of nitro groups is 1. The van der Waals surface area contributed by atoms with E-state index in [1.54, 1.807) is 6.07 Å². The molecule has 0 bridgehead atoms. The van der Waals surface area contributed by atoms with Crippen molar-refractivity contribution in [3.8, 4) is 11.5 Å². The summed E-state index contributed by atoms with van der Waals surface area (Å²) >= 11 is 0. The summed E-state index contributed by atoms with van der Waals surface area (Å²) in [7, 11) is 1.40. The van der Waals surface area contributed by atoms with E-state index in [4.69, 9.17) is 9.47 Å². The molecule has 0 unspecified atom stereocenters. The van der Waals surface area contributed by atoms with Crippen LogP contribution in [0.25, 0.3) is 0 Å². The highest BCUT2D eigenvalue weighted by molar-refractivity contribution is 5.83. The van der Waals surface area contributed by atoms with Crippen LogP contribution in [-0.2, 0) is 0 Å². The minimum absolute atomic E-state index is 0.0443. The molecule has 0 aliphatic heterocycles. The lowest BCUT2D eigenvalue weighted by Gasteiger charge is -2.11. The summed E-state index contributed by atoms with van der Waals surface area (Å²) in [6.45, 7) is 3.86. The molecule has 0 atom stereocenters. The fraction of sp³-hybridized carbons (Fsp3) is 0.375. The van der Waals surface area contributed by atoms with E-state index in [0.717, 1.165) is 12.8 Å². The van der Waals surface area contributed by atoms with Crippen molar-refractivity contribution in [1.29, 1.82) is 0 Å². The third-order valence-electron chi connectivity index (χ3n) is 3.46. The quantitative estimate of drug-likeness (QED) is 0.293. The number of rotatable bonds is 9. The molecule has 2 rings (SSSR count). The smallest absolute Gasteiger partial charge is 0.315 e. The highest BCUT2D eigenvalue weighted by atomic mass is 16.6. The van der Waals surface area contributed by atoms with Crippen molar-refractivity contribution >= 4 is 17.9 Å². The van der Waals surface area contributed by atoms with Gasteiger partial charge in [-0.3, -0.25) is 19.9 Å². The number of ether oxygens (including phenoxy) is 2. The second-order valence-electron chi connectivity index (χ2n) is 5.49. The molecule has 0 spiro atoms. The molecule has 0 fully saturated rings. The van der Waals surface area contributed by atoms with Gasteiger partial charge in [-0.25, -0.2) is 5.43 Å². The Morgan fingerprint density at radius 3 is 2.81 bits per heavy atom. The van der Waals surface area contributed by atoms with Crippen LogP contribution in [0.1, 0.15) is 31.0 Å². The molecule has 1 aromatic heterocycles. The van der Waals surface area contributed by atoms with Gasteiger partial charge in [0.25, 0.3) is 5.56 Å². The molecule has 11 heteroatoms. The Morgan fingerprint density at radius 1 is 1.41 bits per heavy atom. The molecule has 144 valence electrons. The van der Waals surface area contributed by atoms with Gasteiger partial charge in [-0.2, -0.15) is 5.10 Å². The van der Waals surface area contributed by atoms with Gasteiger partial charge in [0.1, 0.15) is 5.69 Å². The monoisotopic (exact) mass is 376 g/mol. The van der Waals surface area contributed by atoms with E-state index in [1.807, 2.05) is 6.92 Å². The third-order valence-corrected chi connectivity index (χ3v) is 3.46. The molecule has 0 aliphatic carbocycles. The lowest BCUT2D eigenvalue weighted by molar-refractivity contribution is -0.386. The highest BCUT2D eigenvalue weighted by Crippen LogP contribution is 2.38. The van der Waals surface area contributed by atoms with Gasteiger partial charge in [0.05, 0.1) is 24.9 Å². The van der Waals surface area contributed by atoms with Crippen molar-refractivity contribution in [3.63, 3.8) is 0 Å². The maximum atomic E-state index is 11.5. The van der Waals surface area contributed by atoms with Crippen molar-refractivity contribution in [2.24, 2.45) is 5.10 Å². The number of methoxy groups -OCH3 is 1. The molecule has 1 heterocycles. The van der Waals surface area contributed by atoms with Crippen molar-refractivity contribution in [2.45, 2.75) is 26.7 Å². The summed E-state index contributed by atoms with van der Waals surface area (Å²) in [5, 5.41) is 22.7. The van der Waals surface area contributed by atoms with Crippen molar-refractivity contribution in [3.05, 3.63) is 43.9 Å². The summed E-state index contributed by atoms with van der Waals surface area (Å²) in [5.74, 6) is 0.350. The number of aromatic nitrogens is 3. The molecule has 0 aliphatic rings. The lowest BCUT2D eigenvalue weighted by Crippen LogP contribution is -2.15. The standard InChI is InChI=1S/C16H20N6O5/c1-4-5-6-27-14-12(22(24)25)7-11(8-13(14)26-3)9-17-20-16-18-15(23)10(2)19-21-16/h7-9H,4-6H2,1-3H3,(H2,18,20,21,23)/b17-9+. The Balaban J connectivity index is 2.25. The van der Waals surface area contributed by atoms with Gasteiger partial charge in [-0.05, 0) is 19.4 Å². The molecule has 0 saturated heterocycles. The molecular weight excluding hydrogens is 356 g/mol. The van der Waals surface area contributed by atoms with E-state index in [1.165, 1.54) is 26.3 Å². The largest absolute Gasteiger partial charge is 0.493 e. The van der Waals surface area contributed by atoms with E-state index < -0.39 is 10.5 Å². The maximum absolute atomic E-state index is 11.5. The van der Waals surface area contributed by atoms with Crippen molar-refractivity contribution in [2.75, 3.05) is 19.1 Å². The average Bonchev–Trinajstić information content (AvgIpc) is 2.65. The number of unbranched alkanes of at least 4 members (excludes halogenated alkanes) is 1. The van der Waals surface area contributed by atoms with Gasteiger partial charge < -0.3 is 9.47 Å². The lowest BCUT2D eigenvalue weighted by atomic mass is 10.2. The summed E-state index contributed by atoms with van der Waals surface area (Å²) in [6, 6.07) is 2.88. The van der Waals surface area contributed by atoms with Crippen LogP contribution in [0.2, 0.25) is 0 Å². The molecule has 27 heavy (non-hydrogen) atoms. The Morgan fingerprint density at radius 2 is 2.19 bits per heavy atom. The Bertz CT molecular complexity index is 895. The maximum Gasteiger partial charge on any atom is 0.315 e. The third kappa shape index (κ3) is 5.23. The number of hydrogen-bond donors (Lipinski definition) is 2. The fourth-order valence-electron chi connectivity index (χ4n) is 2.05. The molecule has 2 aromatic rings. The SMILES string of the molecule is CCCCOc1c(OC)cc(/C=N/Nc2nnc(C)c(=O)[nH]2)cc1[N+](=O)[O-]. The number of nitrogens with one attached hydrogen (secondary N) is 2. The number of hydrogen-bond acceptors (Lipinski definition) is 9. The van der Waals surface area contributed by atoms with Crippen LogP contribution in [0.4, 0.5) is 11.6 Å². The predicted octanol–water partition coefficient (Wildman–Crippen LogP) is 2.02. The van der Waals surface area contributed by atoms with Crippen molar-refractivity contribution in [1.82, 2.24) is 15.2 Å². The number of aryl methyl sites for hydroxylation is 1. The molecule has 0 saturated carbocycles. The molecule has 0 radical (unpaired) electrons. The Kier molecular flexibility index (Phi) is 6.80. The van der Waals surface area contributed by atoms with Gasteiger partial charge in [0.2, 0.25) is 11.7 Å². The summed E-state index contributed by atoms with van der Waals surface area (Å²) in [6.07, 6.45) is 2.99. The van der Waals surface area contributed by atoms with Gasteiger partial charge in [-0.15, -0.1) is 10.2 Å². The van der Waals surface area contributed by atoms with Crippen LogP contribution in [0, 0.1) is 17.0 Å². The van der Waals surface area contributed by atoms with Gasteiger partial charge in [-0.1, -0.05) is 13.3 Å². The Hall–Kier alpha value is -3.50. The first-order valence-corrected chi connectivity index (χ1v) is 8.18. The van der Waals surface area contributed by atoms with E-state index in [2.05, 4.69) is 25.7 Å². The minimum atomic E-state index is -0.544. The predicted molar refractivity (Wildman–Crippen MR) is 98.7 cm³/mol. The molecular formula is C16H20N6O5. The molecule has 0 amide bonds. The second-order valence-corrected chi connectivity index (χ2v) is 5.49. The van der Waals surface area contributed by atoms with E-state index in [-0.39, 0.29) is 28.8 Å². The number of benzene rings is 1. The second kappa shape index (κ2) is 9.27. The van der Waals surface area contributed by atoms with Crippen LogP contribution >= 0.6 is 0 Å². The van der Waals surface area contributed by atoms with E-state index >= 15 is 0 Å². The van der Waals surface area contributed by atoms with Crippen LogP contribution in [0.3, 0.4) is 0 Å². The van der Waals surface area contributed by atoms with Gasteiger partial charge >= 0.3 is 5.69 Å². The van der Waals surface area contributed by atoms with Gasteiger partial charge in [0, 0.05) is 11.6 Å². The zero-order valence-electron chi connectivity index (χ0n) is 15.2. The zero-order chi connectivity index (χ0) is 19.8. The first-order valence-electron chi connectivity index (χ1n) is 8.18. The summed E-state index contributed by atoms with van der Waals surface area (Å²) < 4.78 is 10.7. The number of anilines is 1. The Labute approximate surface area is 154 Å². The first-order chi connectivity index (χ1) is 13.0. The number of aromatic amines is 1. The average molecular weight is 376 g/mol. The van der Waals surface area contributed by atoms with Gasteiger partial charge in [0.15, 0.2) is 5.75 Å². The van der Waals surface area contributed by atoms with Crippen LogP contribution < -0.4 is 20.5 Å². The normalized spacial score (nSPS) is 10.8. The molecule has 1 aromatic carbocycles. The highest BCUT2D eigenvalue weighted by Gasteiger charge is 2.22. The first kappa shape index (κ1) is 19.8. The molecule has 2 N–H and O–H groups in total. The minimum Gasteiger partial charge on any atom is -0.493 e. The number of hydrazone groups is 1. The topological polar surface area (TPSA) is 145 Å². The van der Waals surface area contributed by atoms with E-state index in [9.17, 15) is 14.9 Å². The number of nitrogens with zero attached hydrogens (tertiary/aromatic N) is 4. The number of H-pyrrole nitrogens is 1. The number of nitro benzene ring substituents is 1. The zero-order valence-corrected chi connectivity index (χ0v) is 15.2. The van der Waals surface area contributed by atoms with Crippen LogP contribution in [0.5, 0.6) is 11.5 Å². The van der Waals surface area contributed by atoms with Crippen molar-refractivity contribution < 1.29 is 14.4 Å². The summed E-state index contributed by atoms with van der Waals surface area (Å²) in [5.41, 5.74) is 2.51. The fourth-order valence-corrected chi connectivity index (χ4v) is 2.05. The van der Waals surface area contributed by atoms with E-state index in [0.29, 0.717) is 12.2 Å². The van der Waals surface area contributed by atoms with Crippen LogP contribution in [0.15, 0.2) is 22.0 Å². The summed E-state index contributed by atoms with van der Waals surface area (Å²) in [4.78, 5) is 24.8.